The fourth-order valence-electron chi connectivity index (χ4n) is 1.47. The standard InChI is InChI=1S/C11H15N5O/c1-8(2)15-4-3-10(14-15)7-16-11(17)5-9(12)6-13-16/h3-6,8H,7,12H2,1-2H3. The molecule has 2 N–H and O–H groups in total. The highest BCUT2D eigenvalue weighted by Gasteiger charge is 2.04. The van der Waals surface area contributed by atoms with Crippen LogP contribution < -0.4 is 11.3 Å². The molecule has 0 spiro atoms. The lowest BCUT2D eigenvalue weighted by molar-refractivity contribution is 0.518. The minimum absolute atomic E-state index is 0.218. The first-order valence-corrected chi connectivity index (χ1v) is 5.43. The van der Waals surface area contributed by atoms with Gasteiger partial charge in [-0.25, -0.2) is 4.68 Å². The topological polar surface area (TPSA) is 78.7 Å². The molecule has 2 heterocycles. The second kappa shape index (κ2) is 4.40. The van der Waals surface area contributed by atoms with Crippen LogP contribution in [-0.4, -0.2) is 19.6 Å². The van der Waals surface area contributed by atoms with Gasteiger partial charge in [0, 0.05) is 18.3 Å². The molecule has 0 radical (unpaired) electrons. The van der Waals surface area contributed by atoms with Crippen LogP contribution in [0.3, 0.4) is 0 Å². The van der Waals surface area contributed by atoms with Crippen LogP contribution in [0.5, 0.6) is 0 Å². The maximum Gasteiger partial charge on any atom is 0.269 e. The highest BCUT2D eigenvalue weighted by molar-refractivity contribution is 5.31. The lowest BCUT2D eigenvalue weighted by atomic mass is 10.4. The molecule has 90 valence electrons. The zero-order valence-corrected chi connectivity index (χ0v) is 9.87. The molecule has 0 aliphatic rings. The number of hydrogen-bond acceptors (Lipinski definition) is 4. The van der Waals surface area contributed by atoms with Crippen LogP contribution in [0.4, 0.5) is 5.69 Å². The van der Waals surface area contributed by atoms with Crippen molar-refractivity contribution < 1.29 is 0 Å². The monoisotopic (exact) mass is 233 g/mol. The van der Waals surface area contributed by atoms with Crippen molar-refractivity contribution in [3.63, 3.8) is 0 Å². The lowest BCUT2D eigenvalue weighted by Crippen LogP contribution is -2.23. The molecular formula is C11H15N5O. The quantitative estimate of drug-likeness (QED) is 0.844. The Hall–Kier alpha value is -2.11. The van der Waals surface area contributed by atoms with Crippen LogP contribution in [0.15, 0.2) is 29.3 Å². The molecule has 6 nitrogen and oxygen atoms in total. The van der Waals surface area contributed by atoms with E-state index < -0.39 is 0 Å². The van der Waals surface area contributed by atoms with Gasteiger partial charge in [0.2, 0.25) is 0 Å². The molecule has 2 aromatic heterocycles. The van der Waals surface area contributed by atoms with Gasteiger partial charge in [-0.2, -0.15) is 10.2 Å². The Morgan fingerprint density at radius 2 is 2.24 bits per heavy atom. The van der Waals surface area contributed by atoms with E-state index in [1.807, 2.05) is 30.8 Å². The van der Waals surface area contributed by atoms with E-state index in [1.165, 1.54) is 16.9 Å². The summed E-state index contributed by atoms with van der Waals surface area (Å²) in [4.78, 5) is 11.6. The molecular weight excluding hydrogens is 218 g/mol. The maximum absolute atomic E-state index is 11.6. The SMILES string of the molecule is CC(C)n1ccc(Cn2ncc(N)cc2=O)n1. The Bertz CT molecular complexity index is 569. The normalized spacial score (nSPS) is 11.0. The number of nitrogens with zero attached hydrogens (tertiary/aromatic N) is 4. The molecule has 0 aliphatic heterocycles. The van der Waals surface area contributed by atoms with Gasteiger partial charge < -0.3 is 5.73 Å². The molecule has 0 atom stereocenters. The van der Waals surface area contributed by atoms with Gasteiger partial charge in [0.1, 0.15) is 0 Å². The van der Waals surface area contributed by atoms with Gasteiger partial charge in [-0.3, -0.25) is 9.48 Å². The summed E-state index contributed by atoms with van der Waals surface area (Å²) in [6.45, 7) is 4.45. The van der Waals surface area contributed by atoms with Gasteiger partial charge in [-0.05, 0) is 19.9 Å². The number of nitrogens with two attached hydrogens (primary N) is 1. The number of anilines is 1. The fourth-order valence-corrected chi connectivity index (χ4v) is 1.47. The Balaban J connectivity index is 2.22. The van der Waals surface area contributed by atoms with Gasteiger partial charge in [0.15, 0.2) is 0 Å². The first-order chi connectivity index (χ1) is 8.06. The van der Waals surface area contributed by atoms with E-state index in [1.54, 1.807) is 0 Å². The minimum atomic E-state index is -0.218. The van der Waals surface area contributed by atoms with Crippen molar-refractivity contribution in [3.8, 4) is 0 Å². The summed E-state index contributed by atoms with van der Waals surface area (Å²) < 4.78 is 3.18. The largest absolute Gasteiger partial charge is 0.397 e. The molecule has 0 amide bonds. The van der Waals surface area contributed by atoms with Gasteiger partial charge in [0.05, 0.1) is 24.1 Å². The van der Waals surface area contributed by atoms with E-state index in [0.717, 1.165) is 5.69 Å². The second-order valence-electron chi connectivity index (χ2n) is 4.17. The van der Waals surface area contributed by atoms with Crippen molar-refractivity contribution >= 4 is 5.69 Å². The number of rotatable bonds is 3. The first kappa shape index (κ1) is 11.4. The Kier molecular flexibility index (Phi) is 2.95. The molecule has 0 saturated heterocycles. The molecule has 0 aliphatic carbocycles. The van der Waals surface area contributed by atoms with Crippen molar-refractivity contribution in [2.24, 2.45) is 0 Å². The molecule has 0 bridgehead atoms. The molecule has 0 unspecified atom stereocenters. The van der Waals surface area contributed by atoms with Crippen LogP contribution in [0, 0.1) is 0 Å². The molecule has 2 rings (SSSR count). The zero-order chi connectivity index (χ0) is 12.4. The van der Waals surface area contributed by atoms with Crippen LogP contribution >= 0.6 is 0 Å². The molecule has 17 heavy (non-hydrogen) atoms. The van der Waals surface area contributed by atoms with Crippen molar-refractivity contribution in [1.82, 2.24) is 19.6 Å². The second-order valence-corrected chi connectivity index (χ2v) is 4.17. The van der Waals surface area contributed by atoms with E-state index in [0.29, 0.717) is 18.3 Å². The molecule has 6 heteroatoms. The third-order valence-corrected chi connectivity index (χ3v) is 2.40. The van der Waals surface area contributed by atoms with E-state index >= 15 is 0 Å². The fraction of sp³-hybridized carbons (Fsp3) is 0.364. The van der Waals surface area contributed by atoms with E-state index in [4.69, 9.17) is 5.73 Å². The molecule has 0 saturated carbocycles. The van der Waals surface area contributed by atoms with Crippen LogP contribution in [0.25, 0.3) is 0 Å². The third-order valence-electron chi connectivity index (χ3n) is 2.40. The summed E-state index contributed by atoms with van der Waals surface area (Å²) in [6, 6.07) is 3.54. The third kappa shape index (κ3) is 2.52. The van der Waals surface area contributed by atoms with Crippen LogP contribution in [-0.2, 0) is 6.54 Å². The highest BCUT2D eigenvalue weighted by Crippen LogP contribution is 2.04. The Morgan fingerprint density at radius 3 is 2.82 bits per heavy atom. The van der Waals surface area contributed by atoms with Crippen LogP contribution in [0.1, 0.15) is 25.6 Å². The predicted octanol–water partition coefficient (Wildman–Crippen LogP) is 0.651. The maximum atomic E-state index is 11.6. The number of hydrogen-bond donors (Lipinski definition) is 1. The van der Waals surface area contributed by atoms with E-state index in [2.05, 4.69) is 10.2 Å². The summed E-state index contributed by atoms with van der Waals surface area (Å²) in [5, 5.41) is 8.31. The Labute approximate surface area is 98.7 Å². The van der Waals surface area contributed by atoms with Crippen LogP contribution in [0.2, 0.25) is 0 Å². The number of aromatic nitrogens is 4. The molecule has 0 aromatic carbocycles. The van der Waals surface area contributed by atoms with Crippen molar-refractivity contribution in [3.05, 3.63) is 40.6 Å². The van der Waals surface area contributed by atoms with Crippen molar-refractivity contribution in [1.29, 1.82) is 0 Å². The van der Waals surface area contributed by atoms with Crippen molar-refractivity contribution in [2.75, 3.05) is 5.73 Å². The van der Waals surface area contributed by atoms with Gasteiger partial charge in [-0.1, -0.05) is 0 Å². The van der Waals surface area contributed by atoms with E-state index in [-0.39, 0.29) is 5.56 Å². The Morgan fingerprint density at radius 1 is 1.47 bits per heavy atom. The van der Waals surface area contributed by atoms with Crippen molar-refractivity contribution in [2.45, 2.75) is 26.4 Å². The van der Waals surface area contributed by atoms with Gasteiger partial charge in [0.25, 0.3) is 5.56 Å². The van der Waals surface area contributed by atoms with Gasteiger partial charge in [-0.15, -0.1) is 0 Å². The zero-order valence-electron chi connectivity index (χ0n) is 9.87. The minimum Gasteiger partial charge on any atom is -0.397 e. The lowest BCUT2D eigenvalue weighted by Gasteiger charge is -2.04. The summed E-state index contributed by atoms with van der Waals surface area (Å²) in [7, 11) is 0. The first-order valence-electron chi connectivity index (χ1n) is 5.43. The summed E-state index contributed by atoms with van der Waals surface area (Å²) in [6.07, 6.45) is 3.35. The summed E-state index contributed by atoms with van der Waals surface area (Å²) in [5.41, 5.74) is 6.43. The summed E-state index contributed by atoms with van der Waals surface area (Å²) >= 11 is 0. The predicted molar refractivity (Wildman–Crippen MR) is 64.6 cm³/mol. The summed E-state index contributed by atoms with van der Waals surface area (Å²) in [5.74, 6) is 0. The molecule has 2 aromatic rings. The average molecular weight is 233 g/mol. The highest BCUT2D eigenvalue weighted by atomic mass is 16.1. The van der Waals surface area contributed by atoms with E-state index in [9.17, 15) is 4.79 Å². The number of nitrogen functional groups attached to an aromatic ring is 1. The smallest absolute Gasteiger partial charge is 0.269 e. The average Bonchev–Trinajstić information content (AvgIpc) is 2.71. The molecule has 0 fully saturated rings. The van der Waals surface area contributed by atoms with Gasteiger partial charge >= 0.3 is 0 Å².